The van der Waals surface area contributed by atoms with Crippen LogP contribution in [-0.2, 0) is 6.42 Å². The molecule has 0 spiro atoms. The van der Waals surface area contributed by atoms with Crippen molar-refractivity contribution in [2.75, 3.05) is 5.73 Å². The van der Waals surface area contributed by atoms with Crippen LogP contribution in [0.2, 0.25) is 5.02 Å². The van der Waals surface area contributed by atoms with Crippen LogP contribution in [-0.4, -0.2) is 0 Å². The summed E-state index contributed by atoms with van der Waals surface area (Å²) in [6, 6.07) is 0.880. The molecule has 4 heteroatoms. The Labute approximate surface area is 74.1 Å². The number of hydrogen-bond donors (Lipinski definition) is 1. The summed E-state index contributed by atoms with van der Waals surface area (Å²) in [5.41, 5.74) is 5.27. The molecule has 0 aliphatic carbocycles. The molecule has 2 N–H and O–H groups in total. The second kappa shape index (κ2) is 3.27. The number of hydrogen-bond acceptors (Lipinski definition) is 1. The first-order chi connectivity index (χ1) is 5.57. The van der Waals surface area contributed by atoms with E-state index in [-0.39, 0.29) is 16.3 Å². The minimum atomic E-state index is -0.668. The van der Waals surface area contributed by atoms with Crippen LogP contribution in [0.5, 0.6) is 0 Å². The zero-order valence-corrected chi connectivity index (χ0v) is 7.25. The van der Waals surface area contributed by atoms with E-state index in [0.717, 1.165) is 6.07 Å². The van der Waals surface area contributed by atoms with Crippen molar-refractivity contribution in [2.45, 2.75) is 13.3 Å². The molecule has 0 saturated heterocycles. The summed E-state index contributed by atoms with van der Waals surface area (Å²) in [7, 11) is 0. The molecule has 0 heterocycles. The molecule has 0 unspecified atom stereocenters. The van der Waals surface area contributed by atoms with Crippen molar-refractivity contribution in [1.29, 1.82) is 0 Å². The van der Waals surface area contributed by atoms with Crippen LogP contribution < -0.4 is 5.73 Å². The highest BCUT2D eigenvalue weighted by atomic mass is 35.5. The topological polar surface area (TPSA) is 26.0 Å². The summed E-state index contributed by atoms with van der Waals surface area (Å²) in [5, 5.41) is -0.224. The highest BCUT2D eigenvalue weighted by Gasteiger charge is 2.13. The third-order valence-corrected chi connectivity index (χ3v) is 1.94. The lowest BCUT2D eigenvalue weighted by molar-refractivity contribution is 0.592. The molecule has 0 fully saturated rings. The van der Waals surface area contributed by atoms with Crippen LogP contribution in [0, 0.1) is 11.6 Å². The average molecular weight is 192 g/mol. The van der Waals surface area contributed by atoms with Gasteiger partial charge in [0, 0.05) is 5.56 Å². The van der Waals surface area contributed by atoms with Crippen molar-refractivity contribution in [1.82, 2.24) is 0 Å². The van der Waals surface area contributed by atoms with Gasteiger partial charge in [0.2, 0.25) is 0 Å². The standard InChI is InChI=1S/C8H8ClF2N/c1-2-4-7(11)5(9)3-6(10)8(4)12/h3H,2,12H2,1H3. The third kappa shape index (κ3) is 1.37. The van der Waals surface area contributed by atoms with E-state index in [2.05, 4.69) is 0 Å². The quantitative estimate of drug-likeness (QED) is 0.536. The van der Waals surface area contributed by atoms with Gasteiger partial charge in [-0.2, -0.15) is 0 Å². The Morgan fingerprint density at radius 2 is 2.08 bits per heavy atom. The molecule has 66 valence electrons. The van der Waals surface area contributed by atoms with Gasteiger partial charge in [-0.1, -0.05) is 18.5 Å². The molecule has 0 aliphatic heterocycles. The molecule has 0 radical (unpaired) electrons. The zero-order chi connectivity index (χ0) is 9.30. The lowest BCUT2D eigenvalue weighted by atomic mass is 10.1. The zero-order valence-electron chi connectivity index (χ0n) is 6.50. The molecule has 0 aliphatic rings. The maximum absolute atomic E-state index is 13.1. The van der Waals surface area contributed by atoms with Crippen molar-refractivity contribution in [3.63, 3.8) is 0 Å². The molecule has 1 rings (SSSR count). The first kappa shape index (κ1) is 9.26. The van der Waals surface area contributed by atoms with Crippen LogP contribution in [0.1, 0.15) is 12.5 Å². The van der Waals surface area contributed by atoms with Crippen LogP contribution >= 0.6 is 11.6 Å². The van der Waals surface area contributed by atoms with Crippen molar-refractivity contribution in [3.8, 4) is 0 Å². The molecule has 1 aromatic carbocycles. The number of benzene rings is 1. The van der Waals surface area contributed by atoms with Crippen LogP contribution in [0.3, 0.4) is 0 Å². The normalized spacial score (nSPS) is 10.3. The molecule has 0 amide bonds. The molecule has 0 bridgehead atoms. The van der Waals surface area contributed by atoms with Gasteiger partial charge in [-0.25, -0.2) is 8.78 Å². The molecule has 12 heavy (non-hydrogen) atoms. The average Bonchev–Trinajstić information content (AvgIpc) is 2.02. The number of nitrogen functional groups attached to an aromatic ring is 1. The Hall–Kier alpha value is -0.830. The third-order valence-electron chi connectivity index (χ3n) is 1.66. The Kier molecular flexibility index (Phi) is 2.52. The largest absolute Gasteiger partial charge is 0.396 e. The van der Waals surface area contributed by atoms with Gasteiger partial charge < -0.3 is 5.73 Å². The SMILES string of the molecule is CCc1c(N)c(F)cc(Cl)c1F. The fraction of sp³-hybridized carbons (Fsp3) is 0.250. The number of nitrogens with two attached hydrogens (primary N) is 1. The van der Waals surface area contributed by atoms with Gasteiger partial charge >= 0.3 is 0 Å². The lowest BCUT2D eigenvalue weighted by Crippen LogP contribution is -2.01. The van der Waals surface area contributed by atoms with Crippen molar-refractivity contribution in [2.24, 2.45) is 0 Å². The van der Waals surface area contributed by atoms with Crippen LogP contribution in [0.15, 0.2) is 6.07 Å². The fourth-order valence-electron chi connectivity index (χ4n) is 1.00. The van der Waals surface area contributed by atoms with E-state index in [4.69, 9.17) is 17.3 Å². The molecule has 1 aromatic rings. The van der Waals surface area contributed by atoms with E-state index < -0.39 is 11.6 Å². The minimum absolute atomic E-state index is 0.139. The molecule has 0 aromatic heterocycles. The van der Waals surface area contributed by atoms with E-state index in [1.54, 1.807) is 6.92 Å². The van der Waals surface area contributed by atoms with Gasteiger partial charge in [0.05, 0.1) is 10.7 Å². The maximum Gasteiger partial charge on any atom is 0.148 e. The summed E-state index contributed by atoms with van der Waals surface area (Å²) < 4.78 is 25.9. The second-order valence-electron chi connectivity index (χ2n) is 2.40. The van der Waals surface area contributed by atoms with Gasteiger partial charge in [0.15, 0.2) is 0 Å². The van der Waals surface area contributed by atoms with Crippen molar-refractivity contribution < 1.29 is 8.78 Å². The van der Waals surface area contributed by atoms with E-state index in [9.17, 15) is 8.78 Å². The van der Waals surface area contributed by atoms with E-state index in [1.165, 1.54) is 0 Å². The number of halogens is 3. The summed E-state index contributed by atoms with van der Waals surface area (Å²) in [5.74, 6) is -1.30. The second-order valence-corrected chi connectivity index (χ2v) is 2.81. The monoisotopic (exact) mass is 191 g/mol. The first-order valence-corrected chi connectivity index (χ1v) is 3.87. The summed E-state index contributed by atoms with van der Waals surface area (Å²) in [6.45, 7) is 1.69. The van der Waals surface area contributed by atoms with Gasteiger partial charge in [-0.05, 0) is 12.5 Å². The van der Waals surface area contributed by atoms with Crippen LogP contribution in [0.4, 0.5) is 14.5 Å². The maximum atomic E-state index is 13.1. The fourth-order valence-corrected chi connectivity index (χ4v) is 1.21. The molecular weight excluding hydrogens is 184 g/mol. The van der Waals surface area contributed by atoms with Gasteiger partial charge in [-0.15, -0.1) is 0 Å². The summed E-state index contributed by atoms with van der Waals surface area (Å²) >= 11 is 5.40. The van der Waals surface area contributed by atoms with E-state index in [0.29, 0.717) is 6.42 Å². The highest BCUT2D eigenvalue weighted by molar-refractivity contribution is 6.30. The molecule has 1 nitrogen and oxygen atoms in total. The van der Waals surface area contributed by atoms with Gasteiger partial charge in [-0.3, -0.25) is 0 Å². The van der Waals surface area contributed by atoms with Gasteiger partial charge in [0.25, 0.3) is 0 Å². The van der Waals surface area contributed by atoms with Crippen LogP contribution in [0.25, 0.3) is 0 Å². The molecular formula is C8H8ClF2N. The highest BCUT2D eigenvalue weighted by Crippen LogP contribution is 2.26. The first-order valence-electron chi connectivity index (χ1n) is 3.49. The minimum Gasteiger partial charge on any atom is -0.396 e. The summed E-state index contributed by atoms with van der Waals surface area (Å²) in [4.78, 5) is 0. The molecule has 0 saturated carbocycles. The number of anilines is 1. The Morgan fingerprint density at radius 1 is 1.50 bits per heavy atom. The van der Waals surface area contributed by atoms with Crippen molar-refractivity contribution >= 4 is 17.3 Å². The van der Waals surface area contributed by atoms with E-state index in [1.807, 2.05) is 0 Å². The van der Waals surface area contributed by atoms with E-state index >= 15 is 0 Å². The smallest absolute Gasteiger partial charge is 0.148 e. The Bertz CT molecular complexity index is 286. The predicted octanol–water partition coefficient (Wildman–Crippen LogP) is 2.76. The van der Waals surface area contributed by atoms with Gasteiger partial charge in [0.1, 0.15) is 11.6 Å². The lowest BCUT2D eigenvalue weighted by Gasteiger charge is -2.06. The Balaban J connectivity index is 3.42. The summed E-state index contributed by atoms with van der Waals surface area (Å²) in [6.07, 6.45) is 0.329. The van der Waals surface area contributed by atoms with Crippen molar-refractivity contribution in [3.05, 3.63) is 28.3 Å². The molecule has 0 atom stereocenters. The Morgan fingerprint density at radius 3 is 2.58 bits per heavy atom. The number of rotatable bonds is 1. The predicted molar refractivity (Wildman–Crippen MR) is 45.2 cm³/mol.